The smallest absolute Gasteiger partial charge is 0.166 e. The first-order chi connectivity index (χ1) is 21.0. The number of aromatic nitrogens is 1. The van der Waals surface area contributed by atoms with E-state index in [2.05, 4.69) is 45.2 Å². The van der Waals surface area contributed by atoms with Crippen molar-refractivity contribution in [3.63, 3.8) is 0 Å². The Bertz CT molecular complexity index is 1670. The summed E-state index contributed by atoms with van der Waals surface area (Å²) < 4.78 is 13.6. The molecule has 0 spiro atoms. The molecule has 3 heterocycles. The summed E-state index contributed by atoms with van der Waals surface area (Å²) >= 11 is 0. The molecule has 1 atom stereocenters. The van der Waals surface area contributed by atoms with Crippen molar-refractivity contribution in [3.8, 4) is 6.07 Å². The Labute approximate surface area is 253 Å². The van der Waals surface area contributed by atoms with Crippen LogP contribution in [0.3, 0.4) is 0 Å². The van der Waals surface area contributed by atoms with Crippen molar-refractivity contribution in [3.05, 3.63) is 106 Å². The van der Waals surface area contributed by atoms with E-state index >= 15 is 0 Å². The van der Waals surface area contributed by atoms with Gasteiger partial charge < -0.3 is 4.98 Å². The Hall–Kier alpha value is -3.79. The van der Waals surface area contributed by atoms with Crippen LogP contribution < -0.4 is 0 Å². The number of benzene rings is 3. The predicted octanol–water partition coefficient (Wildman–Crippen LogP) is 7.22. The number of carbonyl (C=O) groups excluding carboxylic acids is 1. The molecule has 220 valence electrons. The van der Waals surface area contributed by atoms with Crippen LogP contribution in [-0.2, 0) is 19.5 Å². The summed E-state index contributed by atoms with van der Waals surface area (Å²) in [6.45, 7) is 5.81. The van der Waals surface area contributed by atoms with Gasteiger partial charge in [0, 0.05) is 41.7 Å². The van der Waals surface area contributed by atoms with Gasteiger partial charge >= 0.3 is 0 Å². The van der Waals surface area contributed by atoms with Gasteiger partial charge in [0.1, 0.15) is 5.82 Å². The molecular weight excluding hydrogens is 535 g/mol. The summed E-state index contributed by atoms with van der Waals surface area (Å²) in [4.78, 5) is 21.6. The molecule has 6 heteroatoms. The van der Waals surface area contributed by atoms with Gasteiger partial charge in [0.2, 0.25) is 0 Å². The maximum Gasteiger partial charge on any atom is 0.166 e. The van der Waals surface area contributed by atoms with Crippen molar-refractivity contribution >= 4 is 16.7 Å². The van der Waals surface area contributed by atoms with Gasteiger partial charge in [-0.15, -0.1) is 0 Å². The molecule has 0 saturated carbocycles. The third-order valence-corrected chi connectivity index (χ3v) is 10.2. The molecule has 1 N–H and O–H groups in total. The molecule has 1 aromatic heterocycles. The number of carbonyl (C=O) groups is 1. The number of Topliss-reactive ketones (excluding diaryl/α,β-unsaturated/α-hetero) is 1. The lowest BCUT2D eigenvalue weighted by molar-refractivity contribution is 0.0895. The van der Waals surface area contributed by atoms with E-state index in [-0.39, 0.29) is 11.7 Å². The summed E-state index contributed by atoms with van der Waals surface area (Å²) in [5, 5.41) is 10.4. The molecule has 3 aliphatic rings. The van der Waals surface area contributed by atoms with E-state index in [0.717, 1.165) is 99.8 Å². The lowest BCUT2D eigenvalue weighted by Crippen LogP contribution is -2.34. The number of hydrogen-bond acceptors (Lipinski definition) is 4. The highest BCUT2D eigenvalue weighted by Gasteiger charge is 2.34. The molecule has 1 unspecified atom stereocenters. The van der Waals surface area contributed by atoms with Crippen LogP contribution in [0.15, 0.2) is 66.9 Å². The van der Waals surface area contributed by atoms with Crippen molar-refractivity contribution in [2.24, 2.45) is 11.8 Å². The number of piperidine rings is 2. The minimum atomic E-state index is -0.168. The van der Waals surface area contributed by atoms with Gasteiger partial charge in [0.05, 0.1) is 11.6 Å². The number of nitrogens with one attached hydrogen (secondary N) is 1. The number of nitriles is 1. The van der Waals surface area contributed by atoms with Gasteiger partial charge in [0.15, 0.2) is 5.78 Å². The average Bonchev–Trinajstić information content (AvgIpc) is 3.57. The Morgan fingerprint density at radius 3 is 2.49 bits per heavy atom. The number of hydrogen-bond donors (Lipinski definition) is 1. The zero-order chi connectivity index (χ0) is 29.3. The number of ketones is 1. The second kappa shape index (κ2) is 12.1. The van der Waals surface area contributed by atoms with E-state index in [1.165, 1.54) is 22.8 Å². The van der Waals surface area contributed by atoms with Crippen molar-refractivity contribution in [2.45, 2.75) is 57.5 Å². The molecule has 2 saturated heterocycles. The molecule has 5 nitrogen and oxygen atoms in total. The van der Waals surface area contributed by atoms with E-state index in [1.807, 2.05) is 24.3 Å². The zero-order valence-electron chi connectivity index (χ0n) is 24.7. The minimum Gasteiger partial charge on any atom is -0.361 e. The highest BCUT2D eigenvalue weighted by atomic mass is 19.1. The van der Waals surface area contributed by atoms with E-state index < -0.39 is 0 Å². The van der Waals surface area contributed by atoms with E-state index in [1.54, 1.807) is 12.1 Å². The van der Waals surface area contributed by atoms with Gasteiger partial charge in [-0.1, -0.05) is 30.3 Å². The molecular formula is C37H39FN4O. The van der Waals surface area contributed by atoms with Gasteiger partial charge in [-0.05, 0) is 129 Å². The number of fused-ring (bicyclic) bond motifs is 2. The topological polar surface area (TPSA) is 63.1 Å². The molecule has 0 bridgehead atoms. The van der Waals surface area contributed by atoms with Gasteiger partial charge in [-0.2, -0.15) is 5.26 Å². The third kappa shape index (κ3) is 6.02. The predicted molar refractivity (Wildman–Crippen MR) is 167 cm³/mol. The quantitative estimate of drug-likeness (QED) is 0.253. The summed E-state index contributed by atoms with van der Waals surface area (Å²) in [5.41, 5.74) is 7.67. The normalized spacial score (nSPS) is 20.5. The Balaban J connectivity index is 0.913. The van der Waals surface area contributed by atoms with Crippen LogP contribution in [0.1, 0.15) is 76.2 Å². The number of rotatable bonds is 7. The third-order valence-electron chi connectivity index (χ3n) is 10.2. The Kier molecular flexibility index (Phi) is 7.86. The number of halogens is 1. The number of nitrogens with zero attached hydrogens (tertiary/aromatic N) is 3. The number of aromatic amines is 1. The average molecular weight is 575 g/mol. The molecule has 1 aliphatic carbocycles. The molecule has 43 heavy (non-hydrogen) atoms. The second-order valence-corrected chi connectivity index (χ2v) is 13.0. The molecule has 4 aromatic rings. The van der Waals surface area contributed by atoms with Crippen molar-refractivity contribution in [1.29, 1.82) is 5.26 Å². The van der Waals surface area contributed by atoms with Crippen LogP contribution in [0.25, 0.3) is 10.9 Å². The standard InChI is InChI=1S/C37H39FN4O/c38-33-3-1-2-27(17-33)23-41-12-8-25(9-13-41)16-31-20-30-19-29(5-6-34(30)37(31)43)28-10-14-42(15-11-28)24-32-22-40-36-7-4-26(21-39)18-35(32)36/h1-7,17-19,22,25,28,31,40H,8-16,20,23-24H2. The molecule has 2 fully saturated rings. The van der Waals surface area contributed by atoms with Crippen LogP contribution in [-0.4, -0.2) is 46.7 Å². The molecule has 0 radical (unpaired) electrons. The zero-order valence-corrected chi connectivity index (χ0v) is 24.7. The van der Waals surface area contributed by atoms with Crippen LogP contribution in [0.4, 0.5) is 4.39 Å². The molecule has 7 rings (SSSR count). The highest BCUT2D eigenvalue weighted by Crippen LogP contribution is 2.37. The number of likely N-dealkylation sites (tertiary alicyclic amines) is 2. The van der Waals surface area contributed by atoms with Crippen LogP contribution in [0.5, 0.6) is 0 Å². The molecule has 3 aromatic carbocycles. The molecule has 2 aliphatic heterocycles. The maximum atomic E-state index is 13.6. The molecule has 0 amide bonds. The largest absolute Gasteiger partial charge is 0.361 e. The van der Waals surface area contributed by atoms with E-state index in [9.17, 15) is 14.4 Å². The van der Waals surface area contributed by atoms with E-state index in [4.69, 9.17) is 0 Å². The fourth-order valence-electron chi connectivity index (χ4n) is 7.77. The monoisotopic (exact) mass is 574 g/mol. The summed E-state index contributed by atoms with van der Waals surface area (Å²) in [7, 11) is 0. The first-order valence-corrected chi connectivity index (χ1v) is 15.9. The van der Waals surface area contributed by atoms with E-state index in [0.29, 0.717) is 23.2 Å². The Morgan fingerprint density at radius 1 is 0.907 bits per heavy atom. The van der Waals surface area contributed by atoms with Crippen molar-refractivity contribution < 1.29 is 9.18 Å². The summed E-state index contributed by atoms with van der Waals surface area (Å²) in [6.07, 6.45) is 8.41. The summed E-state index contributed by atoms with van der Waals surface area (Å²) in [6, 6.07) is 21.7. The van der Waals surface area contributed by atoms with Gasteiger partial charge in [-0.25, -0.2) is 4.39 Å². The maximum absolute atomic E-state index is 13.6. The second-order valence-electron chi connectivity index (χ2n) is 13.0. The van der Waals surface area contributed by atoms with Gasteiger partial charge in [-0.3, -0.25) is 14.6 Å². The lowest BCUT2D eigenvalue weighted by atomic mass is 9.85. The van der Waals surface area contributed by atoms with Crippen LogP contribution >= 0.6 is 0 Å². The van der Waals surface area contributed by atoms with Gasteiger partial charge in [0.25, 0.3) is 0 Å². The minimum absolute atomic E-state index is 0.115. The number of H-pyrrole nitrogens is 1. The SMILES string of the molecule is N#Cc1ccc2[nH]cc(CN3CCC(c4ccc5c(c4)CC(CC4CCN(Cc6cccc(F)c6)CC4)C5=O)CC3)c2c1. The van der Waals surface area contributed by atoms with Crippen molar-refractivity contribution in [2.75, 3.05) is 26.2 Å². The van der Waals surface area contributed by atoms with Crippen LogP contribution in [0.2, 0.25) is 0 Å². The van der Waals surface area contributed by atoms with Crippen LogP contribution in [0, 0.1) is 29.0 Å². The first kappa shape index (κ1) is 28.0. The Morgan fingerprint density at radius 2 is 1.70 bits per heavy atom. The highest BCUT2D eigenvalue weighted by molar-refractivity contribution is 6.02. The summed E-state index contributed by atoms with van der Waals surface area (Å²) in [5.74, 6) is 1.41. The fraction of sp³-hybridized carbons (Fsp3) is 0.405. The fourth-order valence-corrected chi connectivity index (χ4v) is 7.77. The van der Waals surface area contributed by atoms with Crippen molar-refractivity contribution in [1.82, 2.24) is 14.8 Å². The lowest BCUT2D eigenvalue weighted by Gasteiger charge is -2.33. The first-order valence-electron chi connectivity index (χ1n) is 15.9.